The SMILES string of the molecule is CC(C)[C@@]12O[C@@H]1[C@H]1O[C@@]13[C@@]1(O[C@@H]1CC1C4=C(CC[C@]13C)C(=O)OC4)[C@H]2O. The summed E-state index contributed by atoms with van der Waals surface area (Å²) in [6, 6.07) is 0. The molecule has 4 heterocycles. The quantitative estimate of drug-likeness (QED) is 0.557. The zero-order chi connectivity index (χ0) is 17.9. The molecule has 0 amide bonds. The summed E-state index contributed by atoms with van der Waals surface area (Å²) < 4.78 is 24.3. The molecule has 2 saturated carbocycles. The van der Waals surface area contributed by atoms with Gasteiger partial charge in [0.05, 0.1) is 6.10 Å². The van der Waals surface area contributed by atoms with Crippen LogP contribution in [0.3, 0.4) is 0 Å². The van der Waals surface area contributed by atoms with Crippen molar-refractivity contribution < 1.29 is 28.8 Å². The lowest BCUT2D eigenvalue weighted by Gasteiger charge is -2.53. The van der Waals surface area contributed by atoms with E-state index in [2.05, 4.69) is 20.8 Å². The van der Waals surface area contributed by atoms with E-state index >= 15 is 0 Å². The minimum atomic E-state index is -0.654. The van der Waals surface area contributed by atoms with E-state index in [9.17, 15) is 9.90 Å². The number of hydrogen-bond donors (Lipinski definition) is 1. The first kappa shape index (κ1) is 15.0. The summed E-state index contributed by atoms with van der Waals surface area (Å²) in [5.41, 5.74) is 0.230. The number of ether oxygens (including phenoxy) is 4. The lowest BCUT2D eigenvalue weighted by molar-refractivity contribution is -0.136. The predicted octanol–water partition coefficient (Wildman–Crippen LogP) is 1.10. The van der Waals surface area contributed by atoms with Crippen LogP contribution in [0.25, 0.3) is 0 Å². The van der Waals surface area contributed by atoms with Crippen LogP contribution in [-0.2, 0) is 23.7 Å². The number of esters is 1. The minimum absolute atomic E-state index is 0.00808. The highest BCUT2D eigenvalue weighted by molar-refractivity contribution is 5.92. The smallest absolute Gasteiger partial charge is 0.334 e. The van der Waals surface area contributed by atoms with E-state index < -0.39 is 22.9 Å². The van der Waals surface area contributed by atoms with Crippen LogP contribution in [0.2, 0.25) is 0 Å². The molecule has 0 bridgehead atoms. The Hall–Kier alpha value is -0.950. The molecule has 6 heteroatoms. The Kier molecular flexibility index (Phi) is 2.19. The third-order valence-electron chi connectivity index (χ3n) is 9.10. The molecule has 0 radical (unpaired) electrons. The number of cyclic esters (lactones) is 1. The van der Waals surface area contributed by atoms with Crippen molar-refractivity contribution in [1.82, 2.24) is 0 Å². The average Bonchev–Trinajstić information content (AvgIpc) is 3.47. The Bertz CT molecular complexity index is 819. The van der Waals surface area contributed by atoms with Gasteiger partial charge >= 0.3 is 5.97 Å². The number of rotatable bonds is 1. The van der Waals surface area contributed by atoms with Crippen molar-refractivity contribution in [3.63, 3.8) is 0 Å². The van der Waals surface area contributed by atoms with Crippen LogP contribution in [0, 0.1) is 17.3 Å². The van der Waals surface area contributed by atoms with Crippen molar-refractivity contribution in [1.29, 1.82) is 0 Å². The summed E-state index contributed by atoms with van der Waals surface area (Å²) in [5.74, 6) is 0.297. The van der Waals surface area contributed by atoms with Gasteiger partial charge in [-0.2, -0.15) is 0 Å². The van der Waals surface area contributed by atoms with Gasteiger partial charge in [-0.25, -0.2) is 4.79 Å². The molecule has 140 valence electrons. The Balaban J connectivity index is 1.39. The largest absolute Gasteiger partial charge is 0.458 e. The lowest BCUT2D eigenvalue weighted by Crippen LogP contribution is -2.69. The molecule has 7 rings (SSSR count). The summed E-state index contributed by atoms with van der Waals surface area (Å²) >= 11 is 0. The second-order valence-electron chi connectivity index (χ2n) is 9.91. The number of fused-ring (bicyclic) bond motifs is 4. The van der Waals surface area contributed by atoms with Gasteiger partial charge < -0.3 is 24.1 Å². The number of carbonyl (C=O) groups is 1. The molecule has 1 N–H and O–H groups in total. The van der Waals surface area contributed by atoms with Gasteiger partial charge in [0.15, 0.2) is 5.60 Å². The van der Waals surface area contributed by atoms with Crippen LogP contribution in [0.1, 0.15) is 40.0 Å². The van der Waals surface area contributed by atoms with E-state index in [-0.39, 0.29) is 41.5 Å². The molecule has 2 spiro atoms. The van der Waals surface area contributed by atoms with E-state index in [0.29, 0.717) is 6.61 Å². The first-order valence-electron chi connectivity index (χ1n) is 9.95. The maximum absolute atomic E-state index is 12.1. The molecule has 3 saturated heterocycles. The first-order chi connectivity index (χ1) is 12.3. The summed E-state index contributed by atoms with van der Waals surface area (Å²) in [6.07, 6.45) is 1.71. The molecule has 1 unspecified atom stereocenters. The van der Waals surface area contributed by atoms with Crippen molar-refractivity contribution in [3.05, 3.63) is 11.1 Å². The van der Waals surface area contributed by atoms with Crippen molar-refractivity contribution in [2.45, 2.75) is 81.3 Å². The second kappa shape index (κ2) is 3.79. The van der Waals surface area contributed by atoms with Crippen LogP contribution in [-0.4, -0.2) is 58.9 Å². The molecule has 0 aromatic heterocycles. The fraction of sp³-hybridized carbons (Fsp3) is 0.850. The van der Waals surface area contributed by atoms with Crippen LogP contribution >= 0.6 is 0 Å². The van der Waals surface area contributed by atoms with E-state index in [0.717, 1.165) is 30.4 Å². The zero-order valence-corrected chi connectivity index (χ0v) is 15.3. The molecule has 3 aliphatic carbocycles. The third-order valence-corrected chi connectivity index (χ3v) is 9.10. The molecular formula is C20H24O6. The first-order valence-corrected chi connectivity index (χ1v) is 9.95. The van der Waals surface area contributed by atoms with Crippen molar-refractivity contribution >= 4 is 5.97 Å². The van der Waals surface area contributed by atoms with Gasteiger partial charge in [-0.05, 0) is 36.7 Å². The lowest BCUT2D eigenvalue weighted by atomic mass is 9.46. The van der Waals surface area contributed by atoms with Gasteiger partial charge in [-0.1, -0.05) is 20.8 Å². The second-order valence-corrected chi connectivity index (χ2v) is 9.91. The van der Waals surface area contributed by atoms with E-state index in [1.54, 1.807) is 0 Å². The highest BCUT2D eigenvalue weighted by Gasteiger charge is 3.00. The normalized spacial score (nSPS) is 63.1. The Morgan fingerprint density at radius 3 is 2.77 bits per heavy atom. The zero-order valence-electron chi connectivity index (χ0n) is 15.3. The molecule has 4 aliphatic heterocycles. The van der Waals surface area contributed by atoms with E-state index in [1.807, 2.05) is 0 Å². The molecule has 6 nitrogen and oxygen atoms in total. The molecule has 5 fully saturated rings. The summed E-state index contributed by atoms with van der Waals surface area (Å²) in [4.78, 5) is 12.1. The monoisotopic (exact) mass is 360 g/mol. The summed E-state index contributed by atoms with van der Waals surface area (Å²) in [7, 11) is 0. The fourth-order valence-corrected chi connectivity index (χ4v) is 7.70. The fourth-order valence-electron chi connectivity index (χ4n) is 7.70. The standard InChI is InChI=1S/C20H24O6/c1-8(2)18-13(25-18)14-20(26-14)17(3)5-4-9-10(7-23-15(9)21)11(17)6-12-19(20,24-12)16(18)22/h8,11-14,16,22H,4-7H2,1-3H3/t11?,12-,13-,14-,16+,17-,18-,19+,20+/m1/s1. The maximum Gasteiger partial charge on any atom is 0.334 e. The van der Waals surface area contributed by atoms with Crippen LogP contribution in [0.15, 0.2) is 11.1 Å². The van der Waals surface area contributed by atoms with Crippen LogP contribution < -0.4 is 0 Å². The van der Waals surface area contributed by atoms with Gasteiger partial charge in [0.25, 0.3) is 0 Å². The molecule has 26 heavy (non-hydrogen) atoms. The van der Waals surface area contributed by atoms with Crippen LogP contribution in [0.4, 0.5) is 0 Å². The number of epoxide rings is 3. The summed E-state index contributed by atoms with van der Waals surface area (Å²) in [5, 5.41) is 11.4. The molecule has 0 aromatic rings. The predicted molar refractivity (Wildman–Crippen MR) is 87.1 cm³/mol. The number of aliphatic hydroxyl groups excluding tert-OH is 1. The van der Waals surface area contributed by atoms with Gasteiger partial charge in [-0.3, -0.25) is 0 Å². The van der Waals surface area contributed by atoms with Crippen molar-refractivity contribution in [2.24, 2.45) is 17.3 Å². The maximum atomic E-state index is 12.1. The Labute approximate surface area is 151 Å². The van der Waals surface area contributed by atoms with E-state index in [4.69, 9.17) is 18.9 Å². The molecule has 7 aliphatic rings. The average molecular weight is 360 g/mol. The Morgan fingerprint density at radius 2 is 2.00 bits per heavy atom. The third kappa shape index (κ3) is 1.14. The minimum Gasteiger partial charge on any atom is -0.458 e. The summed E-state index contributed by atoms with van der Waals surface area (Å²) in [6.45, 7) is 6.91. The van der Waals surface area contributed by atoms with E-state index in [1.165, 1.54) is 0 Å². The van der Waals surface area contributed by atoms with Crippen molar-refractivity contribution in [2.75, 3.05) is 6.61 Å². The van der Waals surface area contributed by atoms with Gasteiger partial charge in [0.2, 0.25) is 0 Å². The number of hydrogen-bond acceptors (Lipinski definition) is 6. The van der Waals surface area contributed by atoms with Gasteiger partial charge in [0.1, 0.15) is 36.1 Å². The molecular weight excluding hydrogens is 336 g/mol. The highest BCUT2D eigenvalue weighted by Crippen LogP contribution is 2.82. The van der Waals surface area contributed by atoms with Gasteiger partial charge in [0, 0.05) is 11.0 Å². The van der Waals surface area contributed by atoms with Crippen molar-refractivity contribution in [3.8, 4) is 0 Å². The van der Waals surface area contributed by atoms with Crippen LogP contribution in [0.5, 0.6) is 0 Å². The van der Waals surface area contributed by atoms with Gasteiger partial charge in [-0.15, -0.1) is 0 Å². The topological polar surface area (TPSA) is 84.1 Å². The number of carbonyl (C=O) groups excluding carboxylic acids is 1. The number of aliphatic hydroxyl groups is 1. The molecule has 9 atom stereocenters. The molecule has 0 aromatic carbocycles. The Morgan fingerprint density at radius 1 is 1.19 bits per heavy atom. The highest BCUT2D eigenvalue weighted by atomic mass is 16.7.